The van der Waals surface area contributed by atoms with Crippen LogP contribution in [-0.2, 0) is 4.79 Å². The highest BCUT2D eigenvalue weighted by Crippen LogP contribution is 2.29. The molecule has 144 valence electrons. The Morgan fingerprint density at radius 2 is 1.66 bits per heavy atom. The lowest BCUT2D eigenvalue weighted by molar-refractivity contribution is -0.113. The van der Waals surface area contributed by atoms with E-state index in [4.69, 9.17) is 4.74 Å². The minimum absolute atomic E-state index is 0.280. The number of hydrogen-bond donors (Lipinski definition) is 0. The third-order valence-corrected chi connectivity index (χ3v) is 4.69. The minimum atomic E-state index is -0.362. The van der Waals surface area contributed by atoms with Crippen LogP contribution in [0.2, 0.25) is 0 Å². The van der Waals surface area contributed by atoms with Crippen molar-refractivity contribution in [1.82, 2.24) is 0 Å². The molecular weight excluding hydrogens is 367 g/mol. The number of nitrogens with zero attached hydrogens (tertiary/aromatic N) is 2. The summed E-state index contributed by atoms with van der Waals surface area (Å²) in [5.41, 5.74) is 3.51. The summed E-state index contributed by atoms with van der Waals surface area (Å²) in [6.07, 6.45) is 1.71. The number of aliphatic imine (C=N–C) groups is 1. The number of hydrogen-bond acceptors (Lipinski definition) is 3. The second-order valence-electron chi connectivity index (χ2n) is 6.69. The van der Waals surface area contributed by atoms with Gasteiger partial charge in [0, 0.05) is 11.1 Å². The quantitative estimate of drug-likeness (QED) is 0.594. The van der Waals surface area contributed by atoms with Crippen LogP contribution in [0, 0.1) is 12.7 Å². The van der Waals surface area contributed by atoms with Gasteiger partial charge in [0.05, 0.1) is 12.8 Å². The van der Waals surface area contributed by atoms with E-state index in [1.54, 1.807) is 25.3 Å². The first kappa shape index (κ1) is 18.6. The van der Waals surface area contributed by atoms with Crippen molar-refractivity contribution in [3.05, 3.63) is 101 Å². The number of methoxy groups -OCH3 is 1. The van der Waals surface area contributed by atoms with E-state index in [0.717, 1.165) is 16.7 Å². The molecule has 4 nitrogen and oxygen atoms in total. The van der Waals surface area contributed by atoms with Gasteiger partial charge in [-0.3, -0.25) is 9.69 Å². The molecule has 0 saturated heterocycles. The predicted octanol–water partition coefficient (Wildman–Crippen LogP) is 4.98. The highest BCUT2D eigenvalue weighted by atomic mass is 19.1. The zero-order valence-corrected chi connectivity index (χ0v) is 16.1. The van der Waals surface area contributed by atoms with Crippen LogP contribution in [0.5, 0.6) is 5.75 Å². The Hall–Kier alpha value is -3.73. The third kappa shape index (κ3) is 3.67. The number of para-hydroxylation sites is 1. The zero-order valence-electron chi connectivity index (χ0n) is 16.1. The number of halogens is 1. The minimum Gasteiger partial charge on any atom is -0.496 e. The second-order valence-corrected chi connectivity index (χ2v) is 6.69. The number of amides is 1. The van der Waals surface area contributed by atoms with Crippen molar-refractivity contribution in [1.29, 1.82) is 0 Å². The smallest absolute Gasteiger partial charge is 0.282 e. The van der Waals surface area contributed by atoms with Crippen molar-refractivity contribution in [2.45, 2.75) is 6.92 Å². The molecule has 1 aliphatic heterocycles. The van der Waals surface area contributed by atoms with Crippen LogP contribution in [0.25, 0.3) is 6.08 Å². The Balaban J connectivity index is 1.83. The summed E-state index contributed by atoms with van der Waals surface area (Å²) < 4.78 is 18.8. The Labute approximate surface area is 168 Å². The third-order valence-electron chi connectivity index (χ3n) is 4.69. The van der Waals surface area contributed by atoms with Gasteiger partial charge in [-0.05, 0) is 43.3 Å². The summed E-state index contributed by atoms with van der Waals surface area (Å²) >= 11 is 0. The maximum absolute atomic E-state index is 13.4. The van der Waals surface area contributed by atoms with Crippen molar-refractivity contribution in [2.75, 3.05) is 12.0 Å². The molecule has 4 rings (SSSR count). The number of carbonyl (C=O) groups excluding carboxylic acids is 1. The second kappa shape index (κ2) is 7.72. The molecule has 0 atom stereocenters. The van der Waals surface area contributed by atoms with Gasteiger partial charge in [-0.25, -0.2) is 9.38 Å². The molecule has 1 aliphatic rings. The average Bonchev–Trinajstić information content (AvgIpc) is 3.06. The summed E-state index contributed by atoms with van der Waals surface area (Å²) in [7, 11) is 1.58. The van der Waals surface area contributed by atoms with Crippen LogP contribution >= 0.6 is 0 Å². The lowest BCUT2D eigenvalue weighted by atomic mass is 10.1. The molecule has 0 radical (unpaired) electrons. The van der Waals surface area contributed by atoms with Gasteiger partial charge in [0.1, 0.15) is 23.1 Å². The van der Waals surface area contributed by atoms with Crippen molar-refractivity contribution in [3.8, 4) is 5.75 Å². The Morgan fingerprint density at radius 1 is 0.966 bits per heavy atom. The number of ether oxygens (including phenoxy) is 1. The van der Waals surface area contributed by atoms with Gasteiger partial charge >= 0.3 is 0 Å². The summed E-state index contributed by atoms with van der Waals surface area (Å²) in [6, 6.07) is 21.0. The van der Waals surface area contributed by atoms with Gasteiger partial charge in [-0.1, -0.05) is 48.0 Å². The molecule has 0 unspecified atom stereocenters. The first-order valence-electron chi connectivity index (χ1n) is 9.17. The fourth-order valence-corrected chi connectivity index (χ4v) is 3.18. The van der Waals surface area contributed by atoms with Crippen molar-refractivity contribution >= 4 is 23.5 Å². The zero-order chi connectivity index (χ0) is 20.4. The monoisotopic (exact) mass is 386 g/mol. The van der Waals surface area contributed by atoms with Crippen LogP contribution in [0.4, 0.5) is 10.1 Å². The number of anilines is 1. The standard InChI is InChI=1S/C24H19FN2O2/c1-16-7-9-17(10-8-16)23-26-21(15-18-5-3-4-6-22(18)29-2)24(28)27(23)20-13-11-19(25)12-14-20/h3-15H,1-2H3/b21-15+. The van der Waals surface area contributed by atoms with Gasteiger partial charge in [0.15, 0.2) is 0 Å². The molecule has 1 heterocycles. The molecule has 0 saturated carbocycles. The topological polar surface area (TPSA) is 41.9 Å². The van der Waals surface area contributed by atoms with Crippen LogP contribution in [0.3, 0.4) is 0 Å². The molecule has 5 heteroatoms. The SMILES string of the molecule is COc1ccccc1/C=C1/N=C(c2ccc(C)cc2)N(c2ccc(F)cc2)C1=O. The number of amidine groups is 1. The lowest BCUT2D eigenvalue weighted by Gasteiger charge is -2.18. The Morgan fingerprint density at radius 3 is 2.34 bits per heavy atom. The van der Waals surface area contributed by atoms with Gasteiger partial charge in [0.2, 0.25) is 0 Å². The van der Waals surface area contributed by atoms with E-state index in [-0.39, 0.29) is 17.4 Å². The van der Waals surface area contributed by atoms with E-state index in [0.29, 0.717) is 17.3 Å². The molecule has 0 fully saturated rings. The molecule has 1 amide bonds. The number of aryl methyl sites for hydroxylation is 1. The molecule has 29 heavy (non-hydrogen) atoms. The first-order valence-corrected chi connectivity index (χ1v) is 9.17. The summed E-state index contributed by atoms with van der Waals surface area (Å²) in [5, 5.41) is 0. The molecule has 3 aromatic carbocycles. The molecule has 0 aliphatic carbocycles. The molecule has 3 aromatic rings. The van der Waals surface area contributed by atoms with Gasteiger partial charge in [-0.2, -0.15) is 0 Å². The van der Waals surface area contributed by atoms with E-state index in [1.807, 2.05) is 55.5 Å². The van der Waals surface area contributed by atoms with E-state index < -0.39 is 0 Å². The molecule has 0 aromatic heterocycles. The fourth-order valence-electron chi connectivity index (χ4n) is 3.18. The lowest BCUT2D eigenvalue weighted by Crippen LogP contribution is -2.32. The first-order chi connectivity index (χ1) is 14.1. The van der Waals surface area contributed by atoms with Gasteiger partial charge < -0.3 is 4.74 Å². The summed E-state index contributed by atoms with van der Waals surface area (Å²) in [6.45, 7) is 2.00. The highest BCUT2D eigenvalue weighted by molar-refractivity contribution is 6.33. The highest BCUT2D eigenvalue weighted by Gasteiger charge is 2.32. The van der Waals surface area contributed by atoms with Crippen LogP contribution < -0.4 is 9.64 Å². The van der Waals surface area contributed by atoms with Crippen molar-refractivity contribution in [3.63, 3.8) is 0 Å². The maximum Gasteiger partial charge on any atom is 0.282 e. The van der Waals surface area contributed by atoms with Crippen molar-refractivity contribution < 1.29 is 13.9 Å². The Kier molecular flexibility index (Phi) is 4.96. The van der Waals surface area contributed by atoms with Crippen molar-refractivity contribution in [2.24, 2.45) is 4.99 Å². The van der Waals surface area contributed by atoms with Gasteiger partial charge in [-0.15, -0.1) is 0 Å². The molecule has 0 spiro atoms. The van der Waals surface area contributed by atoms with Crippen LogP contribution in [0.15, 0.2) is 83.5 Å². The summed E-state index contributed by atoms with van der Waals surface area (Å²) in [4.78, 5) is 19.4. The fraction of sp³-hybridized carbons (Fsp3) is 0.0833. The molecular formula is C24H19FN2O2. The number of rotatable bonds is 4. The van der Waals surface area contributed by atoms with Gasteiger partial charge in [0.25, 0.3) is 5.91 Å². The van der Waals surface area contributed by atoms with Crippen LogP contribution in [0.1, 0.15) is 16.7 Å². The van der Waals surface area contributed by atoms with E-state index in [9.17, 15) is 9.18 Å². The van der Waals surface area contributed by atoms with E-state index in [1.165, 1.54) is 17.0 Å². The molecule has 0 N–H and O–H groups in total. The largest absolute Gasteiger partial charge is 0.496 e. The maximum atomic E-state index is 13.4. The number of benzene rings is 3. The predicted molar refractivity (Wildman–Crippen MR) is 113 cm³/mol. The van der Waals surface area contributed by atoms with E-state index >= 15 is 0 Å². The summed E-state index contributed by atoms with van der Waals surface area (Å²) in [5.74, 6) is 0.514. The number of carbonyl (C=O) groups is 1. The van der Waals surface area contributed by atoms with Crippen LogP contribution in [-0.4, -0.2) is 18.9 Å². The average molecular weight is 386 g/mol. The van der Waals surface area contributed by atoms with E-state index in [2.05, 4.69) is 4.99 Å². The normalized spacial score (nSPS) is 15.0. The molecule has 0 bridgehead atoms. The Bertz CT molecular complexity index is 1120.